The van der Waals surface area contributed by atoms with Gasteiger partial charge in [-0.1, -0.05) is 0 Å². The van der Waals surface area contributed by atoms with Crippen LogP contribution in [-0.2, 0) is 6.54 Å². The summed E-state index contributed by atoms with van der Waals surface area (Å²) in [5.41, 5.74) is 8.75. The molecular weight excluding hydrogens is 226 g/mol. The lowest BCUT2D eigenvalue weighted by Crippen LogP contribution is -2.01. The van der Waals surface area contributed by atoms with Gasteiger partial charge in [-0.2, -0.15) is 5.10 Å². The molecule has 5 heteroatoms. The van der Waals surface area contributed by atoms with Crippen LogP contribution < -0.4 is 11.1 Å². The van der Waals surface area contributed by atoms with Crippen molar-refractivity contribution in [1.82, 2.24) is 15.2 Å². The predicted octanol–water partition coefficient (Wildman–Crippen LogP) is 2.15. The van der Waals surface area contributed by atoms with Crippen LogP contribution in [0.15, 0.2) is 42.9 Å². The molecule has 0 spiro atoms. The third kappa shape index (κ3) is 1.86. The molecule has 0 atom stereocenters. The normalized spacial score (nSPS) is 10.7. The topological polar surface area (TPSA) is 79.6 Å². The van der Waals surface area contributed by atoms with Crippen molar-refractivity contribution < 1.29 is 0 Å². The molecule has 2 aromatic heterocycles. The number of hydrogen-bond acceptors (Lipinski definition) is 4. The second-order valence-electron chi connectivity index (χ2n) is 4.06. The average molecular weight is 239 g/mol. The van der Waals surface area contributed by atoms with E-state index in [0.29, 0.717) is 6.54 Å². The first kappa shape index (κ1) is 10.6. The number of nitrogens with zero attached hydrogens (tertiary/aromatic N) is 2. The second kappa shape index (κ2) is 4.37. The Hall–Kier alpha value is -2.56. The molecule has 3 rings (SSSR count). The van der Waals surface area contributed by atoms with Gasteiger partial charge in [-0.15, -0.1) is 0 Å². The summed E-state index contributed by atoms with van der Waals surface area (Å²) in [6.07, 6.45) is 5.30. The molecule has 0 aliphatic carbocycles. The number of nitrogen functional groups attached to an aromatic ring is 1. The monoisotopic (exact) mass is 239 g/mol. The number of benzene rings is 1. The van der Waals surface area contributed by atoms with Crippen molar-refractivity contribution in [3.8, 4) is 0 Å². The maximum absolute atomic E-state index is 5.94. The highest BCUT2D eigenvalue weighted by Gasteiger charge is 2.04. The van der Waals surface area contributed by atoms with E-state index in [1.807, 2.05) is 30.5 Å². The number of hydrogen-bond donors (Lipinski definition) is 3. The van der Waals surface area contributed by atoms with Gasteiger partial charge >= 0.3 is 0 Å². The molecule has 0 aliphatic rings. The number of fused-ring (bicyclic) bond motifs is 1. The lowest BCUT2D eigenvalue weighted by molar-refractivity contribution is 0.982. The number of pyridine rings is 1. The summed E-state index contributed by atoms with van der Waals surface area (Å²) in [4.78, 5) is 4.14. The number of nitrogens with two attached hydrogens (primary N) is 1. The zero-order chi connectivity index (χ0) is 12.4. The van der Waals surface area contributed by atoms with E-state index in [4.69, 9.17) is 5.73 Å². The van der Waals surface area contributed by atoms with Gasteiger partial charge in [0.1, 0.15) is 0 Å². The van der Waals surface area contributed by atoms with Gasteiger partial charge < -0.3 is 11.1 Å². The van der Waals surface area contributed by atoms with Gasteiger partial charge in [0.25, 0.3) is 0 Å². The fraction of sp³-hybridized carbons (Fsp3) is 0.0769. The molecule has 4 N–H and O–H groups in total. The van der Waals surface area contributed by atoms with E-state index < -0.39 is 0 Å². The van der Waals surface area contributed by atoms with E-state index in [9.17, 15) is 0 Å². The molecule has 0 radical (unpaired) electrons. The molecule has 90 valence electrons. The molecule has 0 bridgehead atoms. The average Bonchev–Trinajstić information content (AvgIpc) is 2.92. The first-order chi connectivity index (χ1) is 8.84. The quantitative estimate of drug-likeness (QED) is 0.612. The predicted molar refractivity (Wildman–Crippen MR) is 72.1 cm³/mol. The highest BCUT2D eigenvalue weighted by Crippen LogP contribution is 2.27. The minimum atomic E-state index is 0.688. The van der Waals surface area contributed by atoms with E-state index in [1.54, 1.807) is 12.4 Å². The lowest BCUT2D eigenvalue weighted by atomic mass is 10.1. The van der Waals surface area contributed by atoms with Crippen LogP contribution >= 0.6 is 0 Å². The molecule has 0 unspecified atom stereocenters. The van der Waals surface area contributed by atoms with Crippen LogP contribution in [0.4, 0.5) is 11.4 Å². The Labute approximate surface area is 104 Å². The third-order valence-electron chi connectivity index (χ3n) is 2.88. The molecule has 18 heavy (non-hydrogen) atoms. The molecule has 5 nitrogen and oxygen atoms in total. The van der Waals surface area contributed by atoms with Crippen LogP contribution in [0.3, 0.4) is 0 Å². The molecular formula is C13H13N5. The number of nitrogens with one attached hydrogen (secondary N) is 2. The number of rotatable bonds is 3. The van der Waals surface area contributed by atoms with Crippen molar-refractivity contribution >= 4 is 22.1 Å². The fourth-order valence-corrected chi connectivity index (χ4v) is 1.94. The Balaban J connectivity index is 1.94. The summed E-state index contributed by atoms with van der Waals surface area (Å²) in [6, 6.07) is 7.73. The van der Waals surface area contributed by atoms with Crippen LogP contribution in [0.1, 0.15) is 5.69 Å². The fourth-order valence-electron chi connectivity index (χ4n) is 1.94. The van der Waals surface area contributed by atoms with E-state index in [2.05, 4.69) is 20.5 Å². The Bertz CT molecular complexity index is 660. The van der Waals surface area contributed by atoms with Gasteiger partial charge in [0.15, 0.2) is 0 Å². The largest absolute Gasteiger partial charge is 0.398 e. The minimum absolute atomic E-state index is 0.688. The molecule has 0 fully saturated rings. The number of anilines is 2. The van der Waals surface area contributed by atoms with Crippen molar-refractivity contribution in [3.63, 3.8) is 0 Å². The van der Waals surface area contributed by atoms with E-state index in [-0.39, 0.29) is 0 Å². The Morgan fingerprint density at radius 2 is 2.06 bits per heavy atom. The van der Waals surface area contributed by atoms with Crippen molar-refractivity contribution in [1.29, 1.82) is 0 Å². The highest BCUT2D eigenvalue weighted by atomic mass is 15.1. The number of aromatic amines is 1. The van der Waals surface area contributed by atoms with E-state index >= 15 is 0 Å². The van der Waals surface area contributed by atoms with Gasteiger partial charge in [-0.25, -0.2) is 0 Å². The summed E-state index contributed by atoms with van der Waals surface area (Å²) in [5.74, 6) is 0. The van der Waals surface area contributed by atoms with Crippen molar-refractivity contribution in [2.45, 2.75) is 6.54 Å². The zero-order valence-electron chi connectivity index (χ0n) is 9.72. The zero-order valence-corrected chi connectivity index (χ0v) is 9.72. The highest BCUT2D eigenvalue weighted by molar-refractivity contribution is 6.00. The summed E-state index contributed by atoms with van der Waals surface area (Å²) in [6.45, 7) is 0.688. The summed E-state index contributed by atoms with van der Waals surface area (Å²) in [7, 11) is 0. The number of aromatic nitrogens is 3. The molecule has 3 aromatic rings. The molecule has 0 saturated carbocycles. The van der Waals surface area contributed by atoms with Crippen LogP contribution in [0.25, 0.3) is 10.8 Å². The minimum Gasteiger partial charge on any atom is -0.398 e. The van der Waals surface area contributed by atoms with Crippen molar-refractivity contribution in [2.75, 3.05) is 11.1 Å². The summed E-state index contributed by atoms with van der Waals surface area (Å²) < 4.78 is 0. The lowest BCUT2D eigenvalue weighted by Gasteiger charge is -2.10. The van der Waals surface area contributed by atoms with Gasteiger partial charge in [-0.3, -0.25) is 10.1 Å². The van der Waals surface area contributed by atoms with Crippen LogP contribution in [0.5, 0.6) is 0 Å². The van der Waals surface area contributed by atoms with Crippen LogP contribution in [0, 0.1) is 0 Å². The molecule has 0 saturated heterocycles. The maximum atomic E-state index is 5.94. The standard InChI is InChI=1S/C13H13N5/c14-12-1-2-13(11-8-15-5-4-10(11)12)16-7-9-3-6-17-18-9/h1-6,8,16H,7,14H2,(H,17,18). The molecule has 1 aromatic carbocycles. The van der Waals surface area contributed by atoms with Crippen molar-refractivity contribution in [3.05, 3.63) is 48.5 Å². The van der Waals surface area contributed by atoms with Crippen LogP contribution in [0.2, 0.25) is 0 Å². The van der Waals surface area contributed by atoms with Gasteiger partial charge in [0.2, 0.25) is 0 Å². The van der Waals surface area contributed by atoms with E-state index in [1.165, 1.54) is 0 Å². The van der Waals surface area contributed by atoms with Crippen LogP contribution in [-0.4, -0.2) is 15.2 Å². The Morgan fingerprint density at radius 3 is 2.89 bits per heavy atom. The molecule has 0 amide bonds. The van der Waals surface area contributed by atoms with Gasteiger partial charge in [0, 0.05) is 40.7 Å². The van der Waals surface area contributed by atoms with E-state index in [0.717, 1.165) is 27.8 Å². The first-order valence-corrected chi connectivity index (χ1v) is 5.69. The summed E-state index contributed by atoms with van der Waals surface area (Å²) in [5, 5.41) is 12.2. The first-order valence-electron chi connectivity index (χ1n) is 5.69. The second-order valence-corrected chi connectivity index (χ2v) is 4.06. The SMILES string of the molecule is Nc1ccc(NCc2ccn[nH]2)c2cnccc12. The third-order valence-corrected chi connectivity index (χ3v) is 2.88. The Kier molecular flexibility index (Phi) is 2.57. The maximum Gasteiger partial charge on any atom is 0.0567 e. The Morgan fingerprint density at radius 1 is 1.11 bits per heavy atom. The van der Waals surface area contributed by atoms with Gasteiger partial charge in [-0.05, 0) is 24.3 Å². The smallest absolute Gasteiger partial charge is 0.0567 e. The molecule has 2 heterocycles. The summed E-state index contributed by atoms with van der Waals surface area (Å²) >= 11 is 0. The van der Waals surface area contributed by atoms with Gasteiger partial charge in [0.05, 0.1) is 12.2 Å². The number of H-pyrrole nitrogens is 1. The van der Waals surface area contributed by atoms with Crippen molar-refractivity contribution in [2.24, 2.45) is 0 Å². The molecule has 0 aliphatic heterocycles.